The molecule has 0 aliphatic heterocycles. The second-order valence-corrected chi connectivity index (χ2v) is 4.02. The highest BCUT2D eigenvalue weighted by atomic mass is 19.1. The van der Waals surface area contributed by atoms with Crippen LogP contribution in [-0.4, -0.2) is 13.6 Å². The molecule has 2 rings (SSSR count). The minimum absolute atomic E-state index is 0.697. The van der Waals surface area contributed by atoms with E-state index in [0.717, 1.165) is 18.5 Å². The molecule has 1 saturated carbocycles. The largest absolute Gasteiger partial charge is 0.319 e. The van der Waals surface area contributed by atoms with Gasteiger partial charge in [0, 0.05) is 0 Å². The number of nitrogens with one attached hydrogen (secondary N) is 1. The van der Waals surface area contributed by atoms with Crippen molar-refractivity contribution in [1.29, 1.82) is 0 Å². The number of alkyl halides is 1. The Morgan fingerprint density at radius 3 is 2.43 bits per heavy atom. The van der Waals surface area contributed by atoms with E-state index in [1.165, 1.54) is 5.56 Å². The van der Waals surface area contributed by atoms with Crippen LogP contribution in [0.4, 0.5) is 4.39 Å². The van der Waals surface area contributed by atoms with Gasteiger partial charge in [-0.3, -0.25) is 0 Å². The van der Waals surface area contributed by atoms with Crippen molar-refractivity contribution in [3.05, 3.63) is 35.4 Å². The molecular formula is C12H16FN. The highest BCUT2D eigenvalue weighted by molar-refractivity contribution is 5.30. The fourth-order valence-corrected chi connectivity index (χ4v) is 1.64. The van der Waals surface area contributed by atoms with Gasteiger partial charge in [0.15, 0.2) is 0 Å². The molecule has 0 atom stereocenters. The van der Waals surface area contributed by atoms with Crippen LogP contribution in [0.25, 0.3) is 0 Å². The topological polar surface area (TPSA) is 12.0 Å². The zero-order valence-corrected chi connectivity index (χ0v) is 8.52. The fourth-order valence-electron chi connectivity index (χ4n) is 1.64. The molecule has 0 radical (unpaired) electrons. The van der Waals surface area contributed by atoms with E-state index in [2.05, 4.69) is 5.32 Å². The molecule has 0 amide bonds. The highest BCUT2D eigenvalue weighted by Gasteiger charge is 2.44. The molecule has 0 unspecified atom stereocenters. The van der Waals surface area contributed by atoms with Gasteiger partial charge in [-0.05, 0) is 44.0 Å². The summed E-state index contributed by atoms with van der Waals surface area (Å²) < 4.78 is 13.6. The lowest BCUT2D eigenvalue weighted by molar-refractivity contribution is 0.317. The van der Waals surface area contributed by atoms with Crippen LogP contribution in [-0.2, 0) is 12.1 Å². The molecule has 1 nitrogen and oxygen atoms in total. The summed E-state index contributed by atoms with van der Waals surface area (Å²) in [5.74, 6) is 0. The Morgan fingerprint density at radius 1 is 1.29 bits per heavy atom. The van der Waals surface area contributed by atoms with E-state index in [1.807, 2.05) is 31.3 Å². The monoisotopic (exact) mass is 193 g/mol. The highest BCUT2D eigenvalue weighted by Crippen LogP contribution is 2.49. The zero-order chi connectivity index (χ0) is 10.0. The third-order valence-electron chi connectivity index (χ3n) is 2.82. The van der Waals surface area contributed by atoms with Gasteiger partial charge in [-0.25, -0.2) is 4.39 Å². The van der Waals surface area contributed by atoms with E-state index in [-0.39, 0.29) is 0 Å². The summed E-state index contributed by atoms with van der Waals surface area (Å²) in [5.41, 5.74) is 1.14. The Morgan fingerprint density at radius 2 is 1.93 bits per heavy atom. The van der Waals surface area contributed by atoms with Crippen molar-refractivity contribution in [1.82, 2.24) is 5.32 Å². The SMILES string of the molecule is CNCCc1ccc(C2(F)CC2)cc1. The Hall–Kier alpha value is -0.890. The summed E-state index contributed by atoms with van der Waals surface area (Å²) in [6.45, 7) is 0.972. The van der Waals surface area contributed by atoms with Crippen LogP contribution in [0, 0.1) is 0 Å². The first-order chi connectivity index (χ1) is 6.74. The van der Waals surface area contributed by atoms with Gasteiger partial charge in [-0.15, -0.1) is 0 Å². The predicted octanol–water partition coefficient (Wildman–Crippen LogP) is 2.41. The molecule has 0 saturated heterocycles. The van der Waals surface area contributed by atoms with Crippen LogP contribution in [0.5, 0.6) is 0 Å². The van der Waals surface area contributed by atoms with Crippen molar-refractivity contribution >= 4 is 0 Å². The molecule has 1 aromatic carbocycles. The lowest BCUT2D eigenvalue weighted by Crippen LogP contribution is -2.10. The molecule has 76 valence electrons. The van der Waals surface area contributed by atoms with Crippen LogP contribution in [0.3, 0.4) is 0 Å². The van der Waals surface area contributed by atoms with E-state index in [9.17, 15) is 4.39 Å². The van der Waals surface area contributed by atoms with Crippen LogP contribution >= 0.6 is 0 Å². The quantitative estimate of drug-likeness (QED) is 0.774. The van der Waals surface area contributed by atoms with Gasteiger partial charge in [0.1, 0.15) is 5.67 Å². The normalized spacial score (nSPS) is 18.1. The Kier molecular flexibility index (Phi) is 2.55. The first-order valence-electron chi connectivity index (χ1n) is 5.17. The summed E-state index contributed by atoms with van der Waals surface area (Å²) in [4.78, 5) is 0. The van der Waals surface area contributed by atoms with Crippen LogP contribution in [0.1, 0.15) is 24.0 Å². The van der Waals surface area contributed by atoms with E-state index in [1.54, 1.807) is 0 Å². The average molecular weight is 193 g/mol. The summed E-state index contributed by atoms with van der Waals surface area (Å²) >= 11 is 0. The molecule has 0 spiro atoms. The molecule has 1 fully saturated rings. The van der Waals surface area contributed by atoms with Crippen molar-refractivity contribution < 1.29 is 4.39 Å². The van der Waals surface area contributed by atoms with Crippen molar-refractivity contribution in [2.24, 2.45) is 0 Å². The second-order valence-electron chi connectivity index (χ2n) is 4.02. The summed E-state index contributed by atoms with van der Waals surface area (Å²) in [6.07, 6.45) is 2.40. The lowest BCUT2D eigenvalue weighted by atomic mass is 10.1. The number of halogens is 1. The first kappa shape index (κ1) is 9.66. The van der Waals surface area contributed by atoms with Gasteiger partial charge < -0.3 is 5.32 Å². The van der Waals surface area contributed by atoms with Crippen molar-refractivity contribution in [3.63, 3.8) is 0 Å². The van der Waals surface area contributed by atoms with Gasteiger partial charge in [0.2, 0.25) is 0 Å². The van der Waals surface area contributed by atoms with Gasteiger partial charge in [-0.2, -0.15) is 0 Å². The molecule has 14 heavy (non-hydrogen) atoms. The summed E-state index contributed by atoms with van der Waals surface area (Å²) in [5, 5.41) is 3.10. The molecule has 1 aliphatic carbocycles. The molecule has 0 aromatic heterocycles. The molecule has 1 aliphatic rings. The maximum Gasteiger partial charge on any atom is 0.136 e. The maximum atomic E-state index is 13.6. The predicted molar refractivity (Wildman–Crippen MR) is 56.1 cm³/mol. The van der Waals surface area contributed by atoms with Crippen LogP contribution < -0.4 is 5.32 Å². The smallest absolute Gasteiger partial charge is 0.136 e. The van der Waals surface area contributed by atoms with E-state index < -0.39 is 5.67 Å². The summed E-state index contributed by atoms with van der Waals surface area (Å²) in [6, 6.07) is 7.93. The molecule has 0 bridgehead atoms. The van der Waals surface area contributed by atoms with Gasteiger partial charge in [0.25, 0.3) is 0 Å². The minimum atomic E-state index is -0.985. The van der Waals surface area contributed by atoms with Crippen LogP contribution in [0.2, 0.25) is 0 Å². The molecular weight excluding hydrogens is 177 g/mol. The standard InChI is InChI=1S/C12H16FN/c1-14-9-6-10-2-4-11(5-3-10)12(13)7-8-12/h2-5,14H,6-9H2,1H3. The number of hydrogen-bond donors (Lipinski definition) is 1. The number of hydrogen-bond acceptors (Lipinski definition) is 1. The van der Waals surface area contributed by atoms with E-state index >= 15 is 0 Å². The van der Waals surface area contributed by atoms with E-state index in [0.29, 0.717) is 12.8 Å². The third-order valence-corrected chi connectivity index (χ3v) is 2.82. The summed E-state index contributed by atoms with van der Waals surface area (Å²) in [7, 11) is 1.94. The number of benzene rings is 1. The Bertz CT molecular complexity index is 301. The minimum Gasteiger partial charge on any atom is -0.319 e. The lowest BCUT2D eigenvalue weighted by Gasteiger charge is -2.06. The number of rotatable bonds is 4. The van der Waals surface area contributed by atoms with Crippen molar-refractivity contribution in [2.45, 2.75) is 24.9 Å². The molecule has 2 heteroatoms. The Labute approximate surface area is 84.3 Å². The molecule has 0 heterocycles. The average Bonchev–Trinajstić information content (AvgIpc) is 2.96. The fraction of sp³-hybridized carbons (Fsp3) is 0.500. The van der Waals surface area contributed by atoms with Gasteiger partial charge >= 0.3 is 0 Å². The molecule has 1 aromatic rings. The van der Waals surface area contributed by atoms with E-state index in [4.69, 9.17) is 0 Å². The van der Waals surface area contributed by atoms with Crippen LogP contribution in [0.15, 0.2) is 24.3 Å². The zero-order valence-electron chi connectivity index (χ0n) is 8.52. The third kappa shape index (κ3) is 1.95. The molecule has 1 N–H and O–H groups in total. The number of likely N-dealkylation sites (N-methyl/N-ethyl adjacent to an activating group) is 1. The van der Waals surface area contributed by atoms with Gasteiger partial charge in [0.05, 0.1) is 0 Å². The van der Waals surface area contributed by atoms with Gasteiger partial charge in [-0.1, -0.05) is 24.3 Å². The van der Waals surface area contributed by atoms with Crippen molar-refractivity contribution in [2.75, 3.05) is 13.6 Å². The maximum absolute atomic E-state index is 13.6. The van der Waals surface area contributed by atoms with Crippen molar-refractivity contribution in [3.8, 4) is 0 Å². The first-order valence-corrected chi connectivity index (χ1v) is 5.17. The Balaban J connectivity index is 2.03. The second kappa shape index (κ2) is 3.70.